The van der Waals surface area contributed by atoms with Gasteiger partial charge in [-0.1, -0.05) is 0 Å². The predicted molar refractivity (Wildman–Crippen MR) is 53.6 cm³/mol. The zero-order valence-electron chi connectivity index (χ0n) is 9.49. The third-order valence-electron chi connectivity index (χ3n) is 1.99. The van der Waals surface area contributed by atoms with Crippen molar-refractivity contribution in [2.45, 2.75) is 6.43 Å². The highest BCUT2D eigenvalue weighted by Gasteiger charge is 2.23. The van der Waals surface area contributed by atoms with Gasteiger partial charge in [-0.15, -0.1) is 0 Å². The highest BCUT2D eigenvalue weighted by molar-refractivity contribution is 5.91. The van der Waals surface area contributed by atoms with Crippen molar-refractivity contribution in [2.75, 3.05) is 21.3 Å². The average molecular weight is 247 g/mol. The fourth-order valence-corrected chi connectivity index (χ4v) is 1.22. The van der Waals surface area contributed by atoms with Gasteiger partial charge >= 0.3 is 5.97 Å². The zero-order valence-corrected chi connectivity index (χ0v) is 9.49. The minimum Gasteiger partial charge on any atom is -0.493 e. The first-order valence-corrected chi connectivity index (χ1v) is 4.54. The van der Waals surface area contributed by atoms with E-state index in [2.05, 4.69) is 9.72 Å². The Morgan fingerprint density at radius 3 is 2.35 bits per heavy atom. The second-order valence-electron chi connectivity index (χ2n) is 2.92. The molecule has 0 saturated carbocycles. The van der Waals surface area contributed by atoms with Gasteiger partial charge in [0.2, 0.25) is 0 Å². The van der Waals surface area contributed by atoms with Crippen LogP contribution in [0.25, 0.3) is 0 Å². The number of esters is 1. The third-order valence-corrected chi connectivity index (χ3v) is 1.99. The molecule has 0 fully saturated rings. The summed E-state index contributed by atoms with van der Waals surface area (Å²) >= 11 is 0. The number of methoxy groups -OCH3 is 3. The predicted octanol–water partition coefficient (Wildman–Crippen LogP) is 1.82. The highest BCUT2D eigenvalue weighted by atomic mass is 19.3. The van der Waals surface area contributed by atoms with E-state index in [0.29, 0.717) is 0 Å². The normalized spacial score (nSPS) is 10.2. The molecule has 0 spiro atoms. The number of nitrogens with zero attached hydrogens (tertiary/aromatic N) is 1. The number of hydrogen-bond donors (Lipinski definition) is 0. The molecular formula is C10H11F2NO4. The van der Waals surface area contributed by atoms with Gasteiger partial charge in [0.25, 0.3) is 6.43 Å². The molecular weight excluding hydrogens is 236 g/mol. The molecule has 17 heavy (non-hydrogen) atoms. The number of aromatic nitrogens is 1. The molecule has 1 rings (SSSR count). The van der Waals surface area contributed by atoms with Gasteiger partial charge in [0.15, 0.2) is 17.2 Å². The van der Waals surface area contributed by atoms with Crippen LogP contribution in [-0.2, 0) is 4.74 Å². The van der Waals surface area contributed by atoms with Gasteiger partial charge in [-0.2, -0.15) is 0 Å². The van der Waals surface area contributed by atoms with E-state index in [1.54, 1.807) is 0 Å². The second-order valence-corrected chi connectivity index (χ2v) is 2.92. The van der Waals surface area contributed by atoms with E-state index < -0.39 is 18.1 Å². The van der Waals surface area contributed by atoms with Gasteiger partial charge in [0.05, 0.1) is 21.3 Å². The number of rotatable bonds is 4. The van der Waals surface area contributed by atoms with Gasteiger partial charge in [-0.25, -0.2) is 18.6 Å². The van der Waals surface area contributed by atoms with Crippen molar-refractivity contribution in [1.82, 2.24) is 4.98 Å². The van der Waals surface area contributed by atoms with Gasteiger partial charge in [0.1, 0.15) is 5.69 Å². The fraction of sp³-hybridized carbons (Fsp3) is 0.400. The molecule has 0 aliphatic carbocycles. The molecule has 1 aromatic rings. The number of alkyl halides is 2. The third kappa shape index (κ3) is 2.61. The van der Waals surface area contributed by atoms with Crippen LogP contribution >= 0.6 is 0 Å². The zero-order chi connectivity index (χ0) is 13.0. The molecule has 0 atom stereocenters. The van der Waals surface area contributed by atoms with Gasteiger partial charge in [-0.3, -0.25) is 0 Å². The Morgan fingerprint density at radius 2 is 1.94 bits per heavy atom. The van der Waals surface area contributed by atoms with Crippen molar-refractivity contribution < 1.29 is 27.8 Å². The first-order valence-electron chi connectivity index (χ1n) is 4.54. The number of ether oxygens (including phenoxy) is 3. The Kier molecular flexibility index (Phi) is 4.19. The summed E-state index contributed by atoms with van der Waals surface area (Å²) in [5.41, 5.74) is -0.923. The fourth-order valence-electron chi connectivity index (χ4n) is 1.22. The van der Waals surface area contributed by atoms with E-state index in [0.717, 1.165) is 13.2 Å². The molecule has 0 radical (unpaired) electrons. The molecule has 0 aliphatic heterocycles. The molecule has 0 N–H and O–H groups in total. The molecule has 0 amide bonds. The smallest absolute Gasteiger partial charge is 0.360 e. The van der Waals surface area contributed by atoms with E-state index in [4.69, 9.17) is 9.47 Å². The molecule has 0 aliphatic rings. The lowest BCUT2D eigenvalue weighted by molar-refractivity contribution is 0.0587. The lowest BCUT2D eigenvalue weighted by Crippen LogP contribution is -2.10. The monoisotopic (exact) mass is 247 g/mol. The summed E-state index contributed by atoms with van der Waals surface area (Å²) in [6.45, 7) is 0. The van der Waals surface area contributed by atoms with E-state index in [-0.39, 0.29) is 17.2 Å². The van der Waals surface area contributed by atoms with Crippen LogP contribution in [0, 0.1) is 0 Å². The summed E-state index contributed by atoms with van der Waals surface area (Å²) < 4.78 is 39.3. The van der Waals surface area contributed by atoms with E-state index >= 15 is 0 Å². The summed E-state index contributed by atoms with van der Waals surface area (Å²) in [4.78, 5) is 14.9. The van der Waals surface area contributed by atoms with E-state index in [1.807, 2.05) is 0 Å². The SMILES string of the molecule is COC(=O)c1nc(C(F)F)cc(OC)c1OC. The summed E-state index contributed by atoms with van der Waals surface area (Å²) in [7, 11) is 3.66. The van der Waals surface area contributed by atoms with Crippen LogP contribution in [0.5, 0.6) is 11.5 Å². The van der Waals surface area contributed by atoms with Crippen molar-refractivity contribution in [3.8, 4) is 11.5 Å². The average Bonchev–Trinajstić information content (AvgIpc) is 2.35. The number of carbonyl (C=O) groups excluding carboxylic acids is 1. The molecule has 0 unspecified atom stereocenters. The summed E-state index contributed by atoms with van der Waals surface area (Å²) in [6.07, 6.45) is -2.82. The van der Waals surface area contributed by atoms with E-state index in [9.17, 15) is 13.6 Å². The van der Waals surface area contributed by atoms with Crippen LogP contribution in [0.15, 0.2) is 6.07 Å². The Labute approximate surface area is 96.3 Å². The van der Waals surface area contributed by atoms with E-state index in [1.165, 1.54) is 14.2 Å². The topological polar surface area (TPSA) is 57.7 Å². The maximum Gasteiger partial charge on any atom is 0.360 e. The number of hydrogen-bond acceptors (Lipinski definition) is 5. The Balaban J connectivity index is 3.42. The number of carbonyl (C=O) groups is 1. The minimum absolute atomic E-state index is 0.00167. The molecule has 0 saturated heterocycles. The van der Waals surface area contributed by atoms with Crippen LogP contribution in [-0.4, -0.2) is 32.3 Å². The standard InChI is InChI=1S/C10H11F2NO4/c1-15-6-4-5(9(11)12)13-7(8(6)16-2)10(14)17-3/h4,9H,1-3H3. The van der Waals surface area contributed by atoms with Gasteiger partial charge in [-0.05, 0) is 0 Å². The first-order chi connectivity index (χ1) is 8.04. The Hall–Kier alpha value is -1.92. The molecule has 0 bridgehead atoms. The quantitative estimate of drug-likeness (QED) is 0.759. The Bertz CT molecular complexity index is 423. The maximum atomic E-state index is 12.6. The first kappa shape index (κ1) is 13.1. The summed E-state index contributed by atoms with van der Waals surface area (Å²) in [5, 5.41) is 0. The number of pyridine rings is 1. The molecule has 1 heterocycles. The van der Waals surface area contributed by atoms with Crippen LogP contribution in [0.3, 0.4) is 0 Å². The lowest BCUT2D eigenvalue weighted by Gasteiger charge is -2.12. The largest absolute Gasteiger partial charge is 0.493 e. The van der Waals surface area contributed by atoms with Crippen LogP contribution in [0.2, 0.25) is 0 Å². The number of halogens is 2. The van der Waals surface area contributed by atoms with Gasteiger partial charge < -0.3 is 14.2 Å². The van der Waals surface area contributed by atoms with Crippen molar-refractivity contribution in [2.24, 2.45) is 0 Å². The van der Waals surface area contributed by atoms with Gasteiger partial charge in [0, 0.05) is 6.07 Å². The summed E-state index contributed by atoms with van der Waals surface area (Å²) in [5.74, 6) is -0.912. The molecule has 94 valence electrons. The van der Waals surface area contributed by atoms with Crippen LogP contribution < -0.4 is 9.47 Å². The molecule has 1 aromatic heterocycles. The second kappa shape index (κ2) is 5.42. The maximum absolute atomic E-state index is 12.6. The van der Waals surface area contributed by atoms with Crippen molar-refractivity contribution >= 4 is 5.97 Å². The van der Waals surface area contributed by atoms with Crippen LogP contribution in [0.4, 0.5) is 8.78 Å². The molecule has 7 heteroatoms. The summed E-state index contributed by atoms with van der Waals surface area (Å²) in [6, 6.07) is 1.01. The molecule has 0 aromatic carbocycles. The minimum atomic E-state index is -2.82. The van der Waals surface area contributed by atoms with Crippen molar-refractivity contribution in [3.05, 3.63) is 17.5 Å². The lowest BCUT2D eigenvalue weighted by atomic mass is 10.2. The van der Waals surface area contributed by atoms with Crippen molar-refractivity contribution in [1.29, 1.82) is 0 Å². The van der Waals surface area contributed by atoms with Crippen LogP contribution in [0.1, 0.15) is 22.6 Å². The Morgan fingerprint density at radius 1 is 1.29 bits per heavy atom. The van der Waals surface area contributed by atoms with Crippen molar-refractivity contribution in [3.63, 3.8) is 0 Å². The highest BCUT2D eigenvalue weighted by Crippen LogP contribution is 2.33. The molecule has 5 nitrogen and oxygen atoms in total.